The van der Waals surface area contributed by atoms with Crippen molar-refractivity contribution in [2.45, 2.75) is 44.8 Å². The molecule has 10 nitrogen and oxygen atoms in total. The van der Waals surface area contributed by atoms with Crippen LogP contribution in [0.1, 0.15) is 39.3 Å². The van der Waals surface area contributed by atoms with Crippen LogP contribution in [0.15, 0.2) is 36.8 Å². The van der Waals surface area contributed by atoms with Crippen molar-refractivity contribution in [3.63, 3.8) is 0 Å². The number of rotatable bonds is 5. The van der Waals surface area contributed by atoms with E-state index in [4.69, 9.17) is 16.6 Å². The molecule has 3 aromatic heterocycles. The average molecular weight is 482 g/mol. The minimum atomic E-state index is -0.622. The Morgan fingerprint density at radius 2 is 1.82 bits per heavy atom. The standard InChI is InChI=1S/C23H28ClN9O/c1-22(2,33-26-7-8-27-33)19-13-20(31(4)30-19)29-21-25-14-15-11-16(24)18(12-17(15)28-21)32-9-5-23(3,34)6-10-32/h7-8,11-14,34H,5-6,9-10H2,1-4H3,(H,25,28,29). The lowest BCUT2D eigenvalue weighted by Crippen LogP contribution is -2.42. The molecule has 0 saturated carbocycles. The highest BCUT2D eigenvalue weighted by Gasteiger charge is 2.30. The zero-order chi connectivity index (χ0) is 24.1. The number of anilines is 3. The van der Waals surface area contributed by atoms with E-state index < -0.39 is 11.1 Å². The molecule has 11 heteroatoms. The molecule has 1 saturated heterocycles. The fourth-order valence-electron chi connectivity index (χ4n) is 4.18. The van der Waals surface area contributed by atoms with Gasteiger partial charge in [0.25, 0.3) is 0 Å². The number of aromatic nitrogens is 7. The number of aryl methyl sites for hydroxylation is 1. The van der Waals surface area contributed by atoms with Crippen molar-refractivity contribution < 1.29 is 5.11 Å². The number of fused-ring (bicyclic) bond motifs is 1. The van der Waals surface area contributed by atoms with E-state index in [1.165, 1.54) is 0 Å². The van der Waals surface area contributed by atoms with E-state index in [1.807, 2.05) is 46.0 Å². The van der Waals surface area contributed by atoms with Crippen LogP contribution in [0.3, 0.4) is 0 Å². The molecule has 0 atom stereocenters. The molecule has 4 aromatic rings. The maximum Gasteiger partial charge on any atom is 0.228 e. The molecule has 0 spiro atoms. The maximum atomic E-state index is 10.3. The van der Waals surface area contributed by atoms with E-state index in [2.05, 4.69) is 30.5 Å². The third-order valence-corrected chi connectivity index (χ3v) is 6.80. The molecule has 5 rings (SSSR count). The predicted molar refractivity (Wildman–Crippen MR) is 132 cm³/mol. The van der Waals surface area contributed by atoms with Crippen LogP contribution in [0, 0.1) is 0 Å². The smallest absolute Gasteiger partial charge is 0.228 e. The molecule has 0 amide bonds. The summed E-state index contributed by atoms with van der Waals surface area (Å²) in [6.45, 7) is 7.39. The fraction of sp³-hybridized carbons (Fsp3) is 0.435. The van der Waals surface area contributed by atoms with Crippen LogP contribution in [-0.2, 0) is 12.6 Å². The predicted octanol–water partition coefficient (Wildman–Crippen LogP) is 3.49. The summed E-state index contributed by atoms with van der Waals surface area (Å²) in [7, 11) is 1.86. The highest BCUT2D eigenvalue weighted by Crippen LogP contribution is 2.34. The van der Waals surface area contributed by atoms with Crippen LogP contribution in [0.5, 0.6) is 0 Å². The largest absolute Gasteiger partial charge is 0.390 e. The van der Waals surface area contributed by atoms with E-state index in [9.17, 15) is 5.11 Å². The molecule has 1 aliphatic heterocycles. The van der Waals surface area contributed by atoms with Crippen LogP contribution in [0.4, 0.5) is 17.5 Å². The molecule has 1 aromatic carbocycles. The Balaban J connectivity index is 1.42. The van der Waals surface area contributed by atoms with Crippen molar-refractivity contribution in [1.29, 1.82) is 0 Å². The quantitative estimate of drug-likeness (QED) is 0.445. The van der Waals surface area contributed by atoms with Crippen LogP contribution >= 0.6 is 11.6 Å². The van der Waals surface area contributed by atoms with Gasteiger partial charge in [-0.2, -0.15) is 20.1 Å². The summed E-state index contributed by atoms with van der Waals surface area (Å²) in [6, 6.07) is 5.83. The van der Waals surface area contributed by atoms with Crippen molar-refractivity contribution in [3.8, 4) is 0 Å². The first-order chi connectivity index (χ1) is 16.1. The second kappa shape index (κ2) is 8.21. The zero-order valence-electron chi connectivity index (χ0n) is 19.7. The first-order valence-electron chi connectivity index (χ1n) is 11.2. The molecule has 4 heterocycles. The summed E-state index contributed by atoms with van der Waals surface area (Å²) in [6.07, 6.45) is 6.46. The Morgan fingerprint density at radius 1 is 1.12 bits per heavy atom. The van der Waals surface area contributed by atoms with Crippen molar-refractivity contribution in [3.05, 3.63) is 47.5 Å². The number of hydrogen-bond acceptors (Lipinski definition) is 8. The van der Waals surface area contributed by atoms with E-state index in [0.717, 1.165) is 41.2 Å². The Morgan fingerprint density at radius 3 is 2.53 bits per heavy atom. The Hall–Kier alpha value is -3.24. The molecule has 0 bridgehead atoms. The van der Waals surface area contributed by atoms with Crippen LogP contribution in [-0.4, -0.2) is 58.5 Å². The lowest BCUT2D eigenvalue weighted by atomic mass is 9.93. The Bertz CT molecular complexity index is 1320. The third-order valence-electron chi connectivity index (χ3n) is 6.49. The van der Waals surface area contributed by atoms with Gasteiger partial charge in [0.15, 0.2) is 0 Å². The van der Waals surface area contributed by atoms with E-state index >= 15 is 0 Å². The van der Waals surface area contributed by atoms with E-state index in [-0.39, 0.29) is 0 Å². The highest BCUT2D eigenvalue weighted by molar-refractivity contribution is 6.34. The molecular formula is C23H28ClN9O. The van der Waals surface area contributed by atoms with E-state index in [0.29, 0.717) is 23.8 Å². The van der Waals surface area contributed by atoms with Gasteiger partial charge in [-0.25, -0.2) is 9.97 Å². The molecule has 0 aliphatic carbocycles. The van der Waals surface area contributed by atoms with Crippen LogP contribution in [0.2, 0.25) is 5.02 Å². The first kappa shape index (κ1) is 22.5. The monoisotopic (exact) mass is 481 g/mol. The van der Waals surface area contributed by atoms with Gasteiger partial charge >= 0.3 is 0 Å². The van der Waals surface area contributed by atoms with Crippen LogP contribution < -0.4 is 10.2 Å². The SMILES string of the molecule is Cn1nc(C(C)(C)n2nccn2)cc1Nc1ncc2cc(Cl)c(N3CCC(C)(O)CC3)cc2n1. The van der Waals surface area contributed by atoms with Gasteiger partial charge in [-0.3, -0.25) is 4.68 Å². The first-order valence-corrected chi connectivity index (χ1v) is 11.6. The van der Waals surface area contributed by atoms with Crippen molar-refractivity contribution in [2.75, 3.05) is 23.3 Å². The number of nitrogens with one attached hydrogen (secondary N) is 1. The summed E-state index contributed by atoms with van der Waals surface area (Å²) >= 11 is 6.59. The van der Waals surface area contributed by atoms with Gasteiger partial charge in [-0.1, -0.05) is 11.6 Å². The van der Waals surface area contributed by atoms with E-state index in [1.54, 1.807) is 28.1 Å². The van der Waals surface area contributed by atoms with Gasteiger partial charge in [0.2, 0.25) is 5.95 Å². The van der Waals surface area contributed by atoms with Gasteiger partial charge in [0.05, 0.1) is 39.9 Å². The molecule has 1 aliphatic rings. The minimum absolute atomic E-state index is 0.465. The molecule has 0 radical (unpaired) electrons. The van der Waals surface area contributed by atoms with Crippen molar-refractivity contribution in [1.82, 2.24) is 34.7 Å². The van der Waals surface area contributed by atoms with Gasteiger partial charge in [-0.15, -0.1) is 0 Å². The summed E-state index contributed by atoms with van der Waals surface area (Å²) in [5, 5.41) is 28.3. The molecule has 178 valence electrons. The topological polar surface area (TPSA) is 110 Å². The number of nitrogens with zero attached hydrogens (tertiary/aromatic N) is 8. The Kier molecular flexibility index (Phi) is 5.44. The highest BCUT2D eigenvalue weighted by atomic mass is 35.5. The number of benzene rings is 1. The molecule has 0 unspecified atom stereocenters. The second-order valence-electron chi connectivity index (χ2n) is 9.58. The molecule has 34 heavy (non-hydrogen) atoms. The minimum Gasteiger partial charge on any atom is -0.390 e. The average Bonchev–Trinajstić information content (AvgIpc) is 3.45. The van der Waals surface area contributed by atoms with Crippen molar-refractivity contribution in [2.24, 2.45) is 7.05 Å². The number of aliphatic hydroxyl groups is 1. The summed E-state index contributed by atoms with van der Waals surface area (Å²) < 4.78 is 1.75. The second-order valence-corrected chi connectivity index (χ2v) is 9.99. The molecule has 1 fully saturated rings. The number of halogens is 1. The van der Waals surface area contributed by atoms with Gasteiger partial charge in [0.1, 0.15) is 11.4 Å². The van der Waals surface area contributed by atoms with Gasteiger partial charge in [0, 0.05) is 37.8 Å². The fourth-order valence-corrected chi connectivity index (χ4v) is 4.47. The Labute approximate surface area is 202 Å². The number of piperidine rings is 1. The lowest BCUT2D eigenvalue weighted by Gasteiger charge is -2.37. The summed E-state index contributed by atoms with van der Waals surface area (Å²) in [5.74, 6) is 1.22. The third kappa shape index (κ3) is 4.19. The summed E-state index contributed by atoms with van der Waals surface area (Å²) in [5.41, 5.74) is 1.38. The summed E-state index contributed by atoms with van der Waals surface area (Å²) in [4.78, 5) is 13.0. The molecule has 2 N–H and O–H groups in total. The van der Waals surface area contributed by atoms with Gasteiger partial charge < -0.3 is 15.3 Å². The lowest BCUT2D eigenvalue weighted by molar-refractivity contribution is 0.0351. The molecular weight excluding hydrogens is 454 g/mol. The number of hydrogen-bond donors (Lipinski definition) is 2. The maximum absolute atomic E-state index is 10.3. The zero-order valence-corrected chi connectivity index (χ0v) is 20.5. The van der Waals surface area contributed by atoms with Crippen LogP contribution in [0.25, 0.3) is 10.9 Å². The normalized spacial score (nSPS) is 16.2. The van der Waals surface area contributed by atoms with Crippen molar-refractivity contribution >= 4 is 40.0 Å². The van der Waals surface area contributed by atoms with Gasteiger partial charge in [-0.05, 0) is 45.7 Å².